The molecule has 0 aliphatic heterocycles. The van der Waals surface area contributed by atoms with E-state index in [9.17, 15) is 30.7 Å². The molecule has 0 aromatic heterocycles. The second kappa shape index (κ2) is 7.39. The van der Waals surface area contributed by atoms with E-state index in [0.29, 0.717) is 25.0 Å². The Morgan fingerprint density at radius 1 is 0.846 bits per heavy atom. The molecule has 1 aromatic carbocycles. The normalized spacial score (nSPS) is 40.3. The maximum absolute atomic E-state index is 15.0. The third kappa shape index (κ3) is 3.22. The van der Waals surface area contributed by atoms with E-state index < -0.39 is 65.5 Å². The maximum atomic E-state index is 15.0. The lowest BCUT2D eigenvalue weighted by atomic mass is 9.88. The molecule has 0 spiro atoms. The van der Waals surface area contributed by atoms with E-state index in [1.165, 1.54) is 0 Å². The molecule has 146 valence electrons. The minimum absolute atomic E-state index is 0.0541. The van der Waals surface area contributed by atoms with Gasteiger partial charge in [-0.1, -0.05) is 19.8 Å². The van der Waals surface area contributed by atoms with Crippen molar-refractivity contribution in [2.45, 2.75) is 63.2 Å². The van der Waals surface area contributed by atoms with E-state index in [0.717, 1.165) is 0 Å². The summed E-state index contributed by atoms with van der Waals surface area (Å²) in [5.74, 6) is -9.93. The minimum atomic E-state index is -2.13. The summed E-state index contributed by atoms with van der Waals surface area (Å²) >= 11 is 0. The van der Waals surface area contributed by atoms with Crippen molar-refractivity contribution in [2.75, 3.05) is 0 Å². The number of rotatable bonds is 3. The number of hydrogen-bond acceptors (Lipinski definition) is 0. The Morgan fingerprint density at radius 3 is 1.73 bits per heavy atom. The van der Waals surface area contributed by atoms with Crippen LogP contribution in [0, 0.1) is 35.2 Å². The second-order valence-electron chi connectivity index (χ2n) is 7.53. The Balaban J connectivity index is 1.94. The molecular formula is C19H21F7. The van der Waals surface area contributed by atoms with Gasteiger partial charge in [0.1, 0.15) is 24.7 Å². The predicted molar refractivity (Wildman–Crippen MR) is 83.3 cm³/mol. The van der Waals surface area contributed by atoms with Crippen molar-refractivity contribution in [3.63, 3.8) is 0 Å². The highest BCUT2D eigenvalue weighted by Gasteiger charge is 2.59. The Hall–Kier alpha value is -1.27. The van der Waals surface area contributed by atoms with Crippen molar-refractivity contribution in [2.24, 2.45) is 17.8 Å². The van der Waals surface area contributed by atoms with Gasteiger partial charge in [0, 0.05) is 17.8 Å². The van der Waals surface area contributed by atoms with Crippen LogP contribution in [-0.2, 0) is 0 Å². The van der Waals surface area contributed by atoms with Gasteiger partial charge in [0.25, 0.3) is 0 Å². The highest BCUT2D eigenvalue weighted by Crippen LogP contribution is 2.54. The molecule has 0 saturated heterocycles. The molecule has 0 bridgehead atoms. The summed E-state index contributed by atoms with van der Waals surface area (Å²) in [6, 6.07) is 1.02. The molecule has 26 heavy (non-hydrogen) atoms. The van der Waals surface area contributed by atoms with Crippen molar-refractivity contribution in [3.8, 4) is 0 Å². The van der Waals surface area contributed by atoms with Crippen LogP contribution in [0.4, 0.5) is 30.7 Å². The van der Waals surface area contributed by atoms with E-state index in [1.807, 2.05) is 6.92 Å². The zero-order valence-electron chi connectivity index (χ0n) is 14.2. The topological polar surface area (TPSA) is 0 Å². The minimum Gasteiger partial charge on any atom is -0.247 e. The van der Waals surface area contributed by atoms with Crippen LogP contribution < -0.4 is 0 Å². The lowest BCUT2D eigenvalue weighted by molar-refractivity contribution is 0.0699. The predicted octanol–water partition coefficient (Wildman–Crippen LogP) is 6.00. The molecule has 0 amide bonds. The van der Waals surface area contributed by atoms with Crippen LogP contribution in [0.5, 0.6) is 0 Å². The highest BCUT2D eigenvalue weighted by molar-refractivity contribution is 5.29. The average Bonchev–Trinajstić information content (AvgIpc) is 2.75. The number of benzene rings is 1. The van der Waals surface area contributed by atoms with Gasteiger partial charge in [0.05, 0.1) is 0 Å². The highest BCUT2D eigenvalue weighted by atomic mass is 19.2. The van der Waals surface area contributed by atoms with E-state index in [1.54, 1.807) is 0 Å². The van der Waals surface area contributed by atoms with Crippen molar-refractivity contribution in [3.05, 3.63) is 35.1 Å². The van der Waals surface area contributed by atoms with Gasteiger partial charge in [-0.15, -0.1) is 0 Å². The second-order valence-corrected chi connectivity index (χ2v) is 7.53. The summed E-state index contributed by atoms with van der Waals surface area (Å²) in [7, 11) is 0. The van der Waals surface area contributed by atoms with E-state index in [4.69, 9.17) is 0 Å². The first kappa shape index (κ1) is 19.5. The van der Waals surface area contributed by atoms with E-state index >= 15 is 0 Å². The summed E-state index contributed by atoms with van der Waals surface area (Å²) < 4.78 is 99.4. The van der Waals surface area contributed by atoms with Gasteiger partial charge in [-0.3, -0.25) is 0 Å². The standard InChI is InChI=1S/C19H21F7/c1-2-3-8-4-10(20)15-16(11(21)5-8)19(26)14(18(15)25)9-6-12(22)17(24)13(23)7-9/h6-8,10-11,14-16,18-19H,2-5H2,1H3. The molecule has 6 atom stereocenters. The van der Waals surface area contributed by atoms with E-state index in [2.05, 4.69) is 0 Å². The molecule has 2 fully saturated rings. The third-order valence-electron chi connectivity index (χ3n) is 5.91. The lowest BCUT2D eigenvalue weighted by Gasteiger charge is -2.23. The zero-order valence-corrected chi connectivity index (χ0v) is 14.2. The molecule has 1 aromatic rings. The van der Waals surface area contributed by atoms with Crippen LogP contribution in [0.15, 0.2) is 12.1 Å². The van der Waals surface area contributed by atoms with Gasteiger partial charge in [0.2, 0.25) is 0 Å². The van der Waals surface area contributed by atoms with Crippen molar-refractivity contribution in [1.82, 2.24) is 0 Å². The van der Waals surface area contributed by atoms with Gasteiger partial charge in [0.15, 0.2) is 17.5 Å². The molecule has 0 radical (unpaired) electrons. The fourth-order valence-electron chi connectivity index (χ4n) is 4.79. The molecule has 2 aliphatic rings. The molecular weight excluding hydrogens is 361 g/mol. The summed E-state index contributed by atoms with van der Waals surface area (Å²) in [6.07, 6.45) is -6.54. The monoisotopic (exact) mass is 382 g/mol. The molecule has 0 heterocycles. The first-order chi connectivity index (χ1) is 12.3. The molecule has 7 heteroatoms. The van der Waals surface area contributed by atoms with Gasteiger partial charge < -0.3 is 0 Å². The van der Waals surface area contributed by atoms with Crippen molar-refractivity contribution < 1.29 is 30.7 Å². The Bertz CT molecular complexity index is 602. The number of fused-ring (bicyclic) bond motifs is 1. The summed E-state index contributed by atoms with van der Waals surface area (Å²) in [6.45, 7) is 1.87. The fourth-order valence-corrected chi connectivity index (χ4v) is 4.79. The SMILES string of the molecule is CCCC1CC(F)C2C(F)C(c3cc(F)c(F)c(F)c3)C(F)C2C(F)C1. The van der Waals surface area contributed by atoms with Crippen molar-refractivity contribution >= 4 is 0 Å². The van der Waals surface area contributed by atoms with Crippen molar-refractivity contribution in [1.29, 1.82) is 0 Å². The summed E-state index contributed by atoms with van der Waals surface area (Å²) in [4.78, 5) is 0. The molecule has 3 rings (SSSR count). The molecule has 6 unspecified atom stereocenters. The number of hydrogen-bond donors (Lipinski definition) is 0. The molecule has 2 saturated carbocycles. The molecule has 0 N–H and O–H groups in total. The van der Waals surface area contributed by atoms with Crippen LogP contribution in [0.3, 0.4) is 0 Å². The number of alkyl halides is 4. The van der Waals surface area contributed by atoms with Gasteiger partial charge in [-0.2, -0.15) is 0 Å². The van der Waals surface area contributed by atoms with Crippen LogP contribution in [0.1, 0.15) is 44.1 Å². The maximum Gasteiger partial charge on any atom is 0.194 e. The zero-order chi connectivity index (χ0) is 19.2. The number of halogens is 7. The van der Waals surface area contributed by atoms with Crippen LogP contribution in [0.2, 0.25) is 0 Å². The molecule has 2 aliphatic carbocycles. The third-order valence-corrected chi connectivity index (χ3v) is 5.91. The Kier molecular flexibility index (Phi) is 5.54. The Labute approximate surface area is 147 Å². The fraction of sp³-hybridized carbons (Fsp3) is 0.684. The quantitative estimate of drug-likeness (QED) is 0.445. The van der Waals surface area contributed by atoms with Gasteiger partial charge in [-0.05, 0) is 36.5 Å². The van der Waals surface area contributed by atoms with Crippen LogP contribution in [0.25, 0.3) is 0 Å². The Morgan fingerprint density at radius 2 is 1.31 bits per heavy atom. The molecule has 0 nitrogen and oxygen atoms in total. The van der Waals surface area contributed by atoms with Gasteiger partial charge in [-0.25, -0.2) is 30.7 Å². The van der Waals surface area contributed by atoms with Gasteiger partial charge >= 0.3 is 0 Å². The lowest BCUT2D eigenvalue weighted by Crippen LogP contribution is -2.32. The largest absolute Gasteiger partial charge is 0.247 e. The first-order valence-corrected chi connectivity index (χ1v) is 8.96. The summed E-state index contributed by atoms with van der Waals surface area (Å²) in [5, 5.41) is 0. The summed E-state index contributed by atoms with van der Waals surface area (Å²) in [5.41, 5.74) is -0.445. The van der Waals surface area contributed by atoms with Crippen LogP contribution >= 0.6 is 0 Å². The first-order valence-electron chi connectivity index (χ1n) is 8.96. The average molecular weight is 382 g/mol. The smallest absolute Gasteiger partial charge is 0.194 e. The van der Waals surface area contributed by atoms with E-state index in [-0.39, 0.29) is 18.8 Å². The van der Waals surface area contributed by atoms with Crippen LogP contribution in [-0.4, -0.2) is 24.7 Å².